The Balaban J connectivity index is 1.22. The Morgan fingerprint density at radius 1 is 1.07 bits per heavy atom. The predicted molar refractivity (Wildman–Crippen MR) is 154 cm³/mol. The number of nitrogens with one attached hydrogen (secondary N) is 1. The molecule has 2 aromatic carbocycles. The van der Waals surface area contributed by atoms with Crippen LogP contribution in [0.2, 0.25) is 0 Å². The molecule has 4 aromatic rings. The molecule has 216 valence electrons. The van der Waals surface area contributed by atoms with E-state index in [4.69, 9.17) is 14.2 Å². The zero-order chi connectivity index (χ0) is 28.9. The third-order valence-corrected chi connectivity index (χ3v) is 8.83. The number of hydrogen-bond donors (Lipinski definition) is 1. The van der Waals surface area contributed by atoms with E-state index in [0.717, 1.165) is 20.5 Å². The molecule has 0 radical (unpaired) electrons. The molecule has 1 saturated heterocycles. The van der Waals surface area contributed by atoms with Gasteiger partial charge in [0.25, 0.3) is 5.91 Å². The summed E-state index contributed by atoms with van der Waals surface area (Å²) in [4.78, 5) is 27.4. The molecule has 0 saturated carbocycles. The molecule has 0 bridgehead atoms. The Bertz CT molecular complexity index is 1590. The van der Waals surface area contributed by atoms with Gasteiger partial charge in [-0.1, -0.05) is 70.7 Å². The lowest BCUT2D eigenvalue weighted by molar-refractivity contribution is -0.137. The molecule has 0 aliphatic carbocycles. The number of amides is 1. The fourth-order valence-corrected chi connectivity index (χ4v) is 6.43. The fraction of sp³-hybridized carbons (Fsp3) is 0.296. The molecule has 1 amide bonds. The van der Waals surface area contributed by atoms with E-state index in [-0.39, 0.29) is 12.5 Å². The first-order valence-electron chi connectivity index (χ1n) is 13.1. The Labute approximate surface area is 248 Å². The smallest absolute Gasteiger partial charge is 0.338 e. The van der Waals surface area contributed by atoms with Gasteiger partial charge >= 0.3 is 5.97 Å². The number of anilines is 1. The number of esters is 1. The van der Waals surface area contributed by atoms with Crippen LogP contribution in [0.4, 0.5) is 5.95 Å². The van der Waals surface area contributed by atoms with Crippen molar-refractivity contribution in [2.45, 2.75) is 10.4 Å². The first-order valence-corrected chi connectivity index (χ1v) is 14.9. The molecule has 2 aromatic heterocycles. The van der Waals surface area contributed by atoms with Crippen LogP contribution in [-0.4, -0.2) is 93.0 Å². The number of ether oxygens (including phenoxy) is 3. The van der Waals surface area contributed by atoms with Crippen LogP contribution in [0.1, 0.15) is 11.6 Å². The molecule has 13 nitrogen and oxygen atoms in total. The van der Waals surface area contributed by atoms with Crippen LogP contribution in [0, 0.1) is 0 Å². The summed E-state index contributed by atoms with van der Waals surface area (Å²) in [6.07, 6.45) is 0. The highest BCUT2D eigenvalue weighted by Crippen LogP contribution is 2.38. The van der Waals surface area contributed by atoms with Crippen LogP contribution in [0.15, 0.2) is 70.2 Å². The summed E-state index contributed by atoms with van der Waals surface area (Å²) in [5.41, 5.74) is 2.70. The van der Waals surface area contributed by atoms with Crippen molar-refractivity contribution in [3.8, 4) is 16.3 Å². The molecule has 6 rings (SSSR count). The van der Waals surface area contributed by atoms with Crippen molar-refractivity contribution in [1.29, 1.82) is 0 Å². The second kappa shape index (κ2) is 12.7. The van der Waals surface area contributed by atoms with Gasteiger partial charge in [0.1, 0.15) is 16.8 Å². The normalized spacial score (nSPS) is 16.5. The highest BCUT2D eigenvalue weighted by Gasteiger charge is 2.36. The van der Waals surface area contributed by atoms with Gasteiger partial charge < -0.3 is 24.4 Å². The van der Waals surface area contributed by atoms with E-state index in [0.29, 0.717) is 55.0 Å². The van der Waals surface area contributed by atoms with E-state index < -0.39 is 12.0 Å². The topological polar surface area (TPSA) is 146 Å². The largest absolute Gasteiger partial charge is 0.484 e. The molecule has 2 aliphatic rings. The molecule has 15 heteroatoms. The monoisotopic (exact) mass is 606 g/mol. The maximum atomic E-state index is 13.2. The molecule has 1 fully saturated rings. The zero-order valence-corrected chi connectivity index (χ0v) is 24.1. The number of nitrogens with zero attached hydrogens (tertiary/aromatic N) is 7. The number of rotatable bonds is 9. The first-order chi connectivity index (χ1) is 20.6. The number of carbonyl (C=O) groups excluding carboxylic acids is 2. The minimum atomic E-state index is -0.655. The third-order valence-electron chi connectivity index (χ3n) is 6.69. The number of carbonyl (C=O) groups is 2. The quantitative estimate of drug-likeness (QED) is 0.221. The van der Waals surface area contributed by atoms with Gasteiger partial charge in [0.05, 0.1) is 25.9 Å². The predicted octanol–water partition coefficient (Wildman–Crippen LogP) is 2.66. The lowest BCUT2D eigenvalue weighted by atomic mass is 9.95. The summed E-state index contributed by atoms with van der Waals surface area (Å²) in [6.45, 7) is 2.10. The van der Waals surface area contributed by atoms with Crippen LogP contribution in [0.3, 0.4) is 0 Å². The summed E-state index contributed by atoms with van der Waals surface area (Å²) in [6, 6.07) is 16.3. The average molecular weight is 607 g/mol. The summed E-state index contributed by atoms with van der Waals surface area (Å²) < 4.78 is 18.5. The number of tetrazole rings is 1. The van der Waals surface area contributed by atoms with Crippen LogP contribution >= 0.6 is 23.1 Å². The van der Waals surface area contributed by atoms with Crippen LogP contribution in [0.25, 0.3) is 10.6 Å². The second-order valence-corrected chi connectivity index (χ2v) is 11.4. The summed E-state index contributed by atoms with van der Waals surface area (Å²) >= 11 is 2.92. The lowest BCUT2D eigenvalue weighted by Gasteiger charge is -2.28. The van der Waals surface area contributed by atoms with Gasteiger partial charge in [-0.3, -0.25) is 4.79 Å². The summed E-state index contributed by atoms with van der Waals surface area (Å²) in [5, 5.41) is 24.7. The number of aromatic nitrogens is 6. The number of morpholine rings is 1. The first kappa shape index (κ1) is 27.8. The molecule has 1 N–H and O–H groups in total. The van der Waals surface area contributed by atoms with Crippen molar-refractivity contribution in [2.75, 3.05) is 51.1 Å². The SMILES string of the molecule is COC(=O)C1=C(CSc2nnc(-c3ccccc3)s2)Nc2nnnn2C1c1ccc(OCC(=O)N2CCOCC2)cc1. The van der Waals surface area contributed by atoms with E-state index in [1.807, 2.05) is 42.5 Å². The van der Waals surface area contributed by atoms with Crippen molar-refractivity contribution >= 4 is 40.9 Å². The maximum absolute atomic E-state index is 13.2. The van der Waals surface area contributed by atoms with Crippen LogP contribution < -0.4 is 10.1 Å². The summed E-state index contributed by atoms with van der Waals surface area (Å²) in [5.74, 6) is 0.687. The van der Waals surface area contributed by atoms with Gasteiger partial charge in [-0.2, -0.15) is 4.68 Å². The van der Waals surface area contributed by atoms with E-state index in [9.17, 15) is 9.59 Å². The molecule has 4 heterocycles. The van der Waals surface area contributed by atoms with Gasteiger partial charge in [0, 0.05) is 30.1 Å². The van der Waals surface area contributed by atoms with E-state index in [2.05, 4.69) is 31.0 Å². The molecule has 42 heavy (non-hydrogen) atoms. The van der Waals surface area contributed by atoms with Gasteiger partial charge in [-0.05, 0) is 28.1 Å². The molecular weight excluding hydrogens is 580 g/mol. The lowest BCUT2D eigenvalue weighted by Crippen LogP contribution is -2.42. The number of fused-ring (bicyclic) bond motifs is 1. The highest BCUT2D eigenvalue weighted by molar-refractivity contribution is 8.01. The van der Waals surface area contributed by atoms with Crippen molar-refractivity contribution < 1.29 is 23.8 Å². The summed E-state index contributed by atoms with van der Waals surface area (Å²) in [7, 11) is 1.34. The van der Waals surface area contributed by atoms with E-state index >= 15 is 0 Å². The van der Waals surface area contributed by atoms with Crippen LogP contribution in [-0.2, 0) is 19.1 Å². The minimum Gasteiger partial charge on any atom is -0.484 e. The minimum absolute atomic E-state index is 0.0733. The highest BCUT2D eigenvalue weighted by atomic mass is 32.2. The van der Waals surface area contributed by atoms with Crippen molar-refractivity contribution in [3.05, 3.63) is 71.4 Å². The van der Waals surface area contributed by atoms with Gasteiger partial charge in [-0.25, -0.2) is 4.79 Å². The van der Waals surface area contributed by atoms with Crippen molar-refractivity contribution in [3.63, 3.8) is 0 Å². The van der Waals surface area contributed by atoms with Gasteiger partial charge in [-0.15, -0.1) is 10.2 Å². The third kappa shape index (κ3) is 5.98. The van der Waals surface area contributed by atoms with Crippen LogP contribution in [0.5, 0.6) is 5.75 Å². The number of methoxy groups -OCH3 is 1. The van der Waals surface area contributed by atoms with Crippen molar-refractivity contribution in [2.24, 2.45) is 0 Å². The second-order valence-electron chi connectivity index (χ2n) is 9.24. The standard InChI is InChI=1S/C27H26N8O5S2/c1-38-25(37)22-20(16-41-27-31-29-24(42-27)18-5-3-2-4-6-18)28-26-30-32-33-35(26)23(22)17-7-9-19(10-8-17)40-15-21(36)34-11-13-39-14-12-34/h2-10,23H,11-16H2,1H3,(H,28,30,33). The molecule has 1 atom stereocenters. The number of benzene rings is 2. The Morgan fingerprint density at radius 2 is 1.86 bits per heavy atom. The van der Waals surface area contributed by atoms with E-state index in [1.54, 1.807) is 17.0 Å². The molecular formula is C27H26N8O5S2. The van der Waals surface area contributed by atoms with Gasteiger partial charge in [0.15, 0.2) is 10.9 Å². The zero-order valence-electron chi connectivity index (χ0n) is 22.5. The Hall–Kier alpha value is -4.34. The molecule has 0 spiro atoms. The maximum Gasteiger partial charge on any atom is 0.338 e. The Morgan fingerprint density at radius 3 is 2.62 bits per heavy atom. The Kier molecular flexibility index (Phi) is 8.39. The van der Waals surface area contributed by atoms with Crippen molar-refractivity contribution in [1.82, 2.24) is 35.3 Å². The molecule has 1 unspecified atom stereocenters. The molecule has 2 aliphatic heterocycles. The number of thioether (sulfide) groups is 1. The number of hydrogen-bond acceptors (Lipinski definition) is 13. The van der Waals surface area contributed by atoms with Gasteiger partial charge in [0.2, 0.25) is 5.95 Å². The average Bonchev–Trinajstić information content (AvgIpc) is 3.72. The fourth-order valence-electron chi connectivity index (χ4n) is 4.60. The van der Waals surface area contributed by atoms with E-state index in [1.165, 1.54) is 34.9 Å².